The molecule has 0 unspecified atom stereocenters. The monoisotopic (exact) mass is 243 g/mol. The Morgan fingerprint density at radius 1 is 1.54 bits per heavy atom. The van der Waals surface area contributed by atoms with Gasteiger partial charge in [-0.2, -0.15) is 0 Å². The first-order chi connectivity index (χ1) is 6.13. The fourth-order valence-corrected chi connectivity index (χ4v) is 1.17. The summed E-state index contributed by atoms with van der Waals surface area (Å²) in [6.07, 6.45) is 0. The number of hydrogen-bond donors (Lipinski definition) is 3. The molecule has 0 aromatic heterocycles. The molecule has 70 valence electrons. The van der Waals surface area contributed by atoms with E-state index >= 15 is 0 Å². The third-order valence-corrected chi connectivity index (χ3v) is 2.16. The first-order valence-corrected chi connectivity index (χ1v) is 4.46. The second-order valence-corrected chi connectivity index (χ2v) is 3.30. The minimum absolute atomic E-state index is 0.272. The van der Waals surface area contributed by atoms with Crippen molar-refractivity contribution in [3.63, 3.8) is 0 Å². The van der Waals surface area contributed by atoms with Crippen LogP contribution in [-0.4, -0.2) is 13.1 Å². The number of carbonyl (C=O) groups excluding carboxylic acids is 1. The summed E-state index contributed by atoms with van der Waals surface area (Å²) in [5.41, 5.74) is 6.81. The number of amides is 2. The first kappa shape index (κ1) is 9.85. The normalized spacial score (nSPS) is 9.38. The maximum absolute atomic E-state index is 11.0. The molecule has 13 heavy (non-hydrogen) atoms. The van der Waals surface area contributed by atoms with Crippen LogP contribution in [0.25, 0.3) is 0 Å². The van der Waals surface area contributed by atoms with Gasteiger partial charge in [-0.3, -0.25) is 0 Å². The number of halogens is 1. The number of nitrogen functional groups attached to an aromatic ring is 1. The molecule has 0 saturated heterocycles. The standard InChI is InChI=1S/C8H10BrN3O/c1-11-8(13)12-7-4-5(10)2-3-6(7)9/h2-4H,10H2,1H3,(H2,11,12,13). The van der Waals surface area contributed by atoms with Crippen LogP contribution in [0.4, 0.5) is 16.2 Å². The zero-order chi connectivity index (χ0) is 9.84. The fraction of sp³-hybridized carbons (Fsp3) is 0.125. The molecule has 0 saturated carbocycles. The Morgan fingerprint density at radius 3 is 2.85 bits per heavy atom. The fourth-order valence-electron chi connectivity index (χ4n) is 0.823. The highest BCUT2D eigenvalue weighted by atomic mass is 79.9. The predicted octanol–water partition coefficient (Wildman–Crippen LogP) is 1.78. The average Bonchev–Trinajstić information content (AvgIpc) is 2.11. The highest BCUT2D eigenvalue weighted by molar-refractivity contribution is 9.10. The summed E-state index contributed by atoms with van der Waals surface area (Å²) in [5, 5.41) is 5.07. The van der Waals surface area contributed by atoms with Crippen LogP contribution in [0.3, 0.4) is 0 Å². The second kappa shape index (κ2) is 4.13. The Balaban J connectivity index is 2.87. The number of rotatable bonds is 1. The van der Waals surface area contributed by atoms with E-state index in [1.807, 2.05) is 0 Å². The molecule has 0 bridgehead atoms. The molecule has 2 amide bonds. The second-order valence-electron chi connectivity index (χ2n) is 2.44. The van der Waals surface area contributed by atoms with Crippen LogP contribution in [0, 0.1) is 0 Å². The Hall–Kier alpha value is -1.23. The third kappa shape index (κ3) is 2.62. The number of carbonyl (C=O) groups is 1. The maximum Gasteiger partial charge on any atom is 0.319 e. The van der Waals surface area contributed by atoms with E-state index in [9.17, 15) is 4.79 Å². The Bertz CT molecular complexity index is 327. The quantitative estimate of drug-likeness (QED) is 0.659. The molecule has 0 radical (unpaired) electrons. The van der Waals surface area contributed by atoms with E-state index in [1.54, 1.807) is 25.2 Å². The van der Waals surface area contributed by atoms with Gasteiger partial charge in [-0.25, -0.2) is 4.79 Å². The van der Waals surface area contributed by atoms with Crippen LogP contribution in [0.1, 0.15) is 0 Å². The van der Waals surface area contributed by atoms with Gasteiger partial charge in [0.05, 0.1) is 5.69 Å². The van der Waals surface area contributed by atoms with Crippen molar-refractivity contribution in [2.24, 2.45) is 0 Å². The van der Waals surface area contributed by atoms with Crippen LogP contribution >= 0.6 is 15.9 Å². The van der Waals surface area contributed by atoms with Crippen molar-refractivity contribution in [2.45, 2.75) is 0 Å². The molecule has 0 heterocycles. The van der Waals surface area contributed by atoms with Crippen LogP contribution in [-0.2, 0) is 0 Å². The van der Waals surface area contributed by atoms with Crippen molar-refractivity contribution in [1.29, 1.82) is 0 Å². The average molecular weight is 244 g/mol. The summed E-state index contributed by atoms with van der Waals surface area (Å²) in [5.74, 6) is 0. The molecule has 0 aliphatic heterocycles. The Labute approximate surface area is 84.6 Å². The molecule has 0 fully saturated rings. The number of hydrogen-bond acceptors (Lipinski definition) is 2. The van der Waals surface area contributed by atoms with Gasteiger partial charge in [0.1, 0.15) is 0 Å². The zero-order valence-electron chi connectivity index (χ0n) is 7.10. The van der Waals surface area contributed by atoms with Crippen molar-refractivity contribution < 1.29 is 4.79 Å². The van der Waals surface area contributed by atoms with Crippen LogP contribution in [0.5, 0.6) is 0 Å². The van der Waals surface area contributed by atoms with E-state index < -0.39 is 0 Å². The molecule has 0 spiro atoms. The van der Waals surface area contributed by atoms with E-state index in [1.165, 1.54) is 0 Å². The summed E-state index contributed by atoms with van der Waals surface area (Å²) in [4.78, 5) is 11.0. The van der Waals surface area contributed by atoms with Crippen molar-refractivity contribution in [1.82, 2.24) is 5.32 Å². The van der Waals surface area contributed by atoms with Gasteiger partial charge in [0.25, 0.3) is 0 Å². The van der Waals surface area contributed by atoms with Gasteiger partial charge < -0.3 is 16.4 Å². The Kier molecular flexibility index (Phi) is 3.13. The lowest BCUT2D eigenvalue weighted by atomic mass is 10.3. The van der Waals surface area contributed by atoms with Gasteiger partial charge in [0.15, 0.2) is 0 Å². The molecule has 1 aromatic carbocycles. The number of nitrogens with two attached hydrogens (primary N) is 1. The molecule has 4 N–H and O–H groups in total. The Morgan fingerprint density at radius 2 is 2.23 bits per heavy atom. The van der Waals surface area contributed by atoms with E-state index in [0.29, 0.717) is 11.4 Å². The van der Waals surface area contributed by atoms with Crippen LogP contribution < -0.4 is 16.4 Å². The van der Waals surface area contributed by atoms with Crippen molar-refractivity contribution in [3.8, 4) is 0 Å². The lowest BCUT2D eigenvalue weighted by Gasteiger charge is -2.06. The summed E-state index contributed by atoms with van der Waals surface area (Å²) in [6.45, 7) is 0. The summed E-state index contributed by atoms with van der Waals surface area (Å²) < 4.78 is 0.797. The van der Waals surface area contributed by atoms with Gasteiger partial charge in [0, 0.05) is 17.2 Å². The van der Waals surface area contributed by atoms with Gasteiger partial charge in [-0.1, -0.05) is 0 Å². The first-order valence-electron chi connectivity index (χ1n) is 3.67. The predicted molar refractivity (Wildman–Crippen MR) is 56.6 cm³/mol. The number of anilines is 2. The van der Waals surface area contributed by atoms with Gasteiger partial charge in [-0.15, -0.1) is 0 Å². The third-order valence-electron chi connectivity index (χ3n) is 1.47. The van der Waals surface area contributed by atoms with E-state index in [-0.39, 0.29) is 6.03 Å². The number of nitrogens with one attached hydrogen (secondary N) is 2. The highest BCUT2D eigenvalue weighted by Gasteiger charge is 2.02. The van der Waals surface area contributed by atoms with Crippen molar-refractivity contribution >= 4 is 33.3 Å². The molecule has 1 rings (SSSR count). The largest absolute Gasteiger partial charge is 0.399 e. The van der Waals surface area contributed by atoms with Gasteiger partial charge >= 0.3 is 6.03 Å². The molecular weight excluding hydrogens is 234 g/mol. The lowest BCUT2D eigenvalue weighted by Crippen LogP contribution is -2.24. The molecular formula is C8H10BrN3O. The molecule has 0 aliphatic carbocycles. The molecule has 1 aromatic rings. The van der Waals surface area contributed by atoms with Gasteiger partial charge in [-0.05, 0) is 34.1 Å². The van der Waals surface area contributed by atoms with Crippen LogP contribution in [0.2, 0.25) is 0 Å². The van der Waals surface area contributed by atoms with E-state index in [0.717, 1.165) is 4.47 Å². The maximum atomic E-state index is 11.0. The summed E-state index contributed by atoms with van der Waals surface area (Å²) in [7, 11) is 1.55. The molecule has 5 heteroatoms. The lowest BCUT2D eigenvalue weighted by molar-refractivity contribution is 0.254. The van der Waals surface area contributed by atoms with Gasteiger partial charge in [0.2, 0.25) is 0 Å². The topological polar surface area (TPSA) is 67.2 Å². The minimum Gasteiger partial charge on any atom is -0.399 e. The van der Waals surface area contributed by atoms with E-state index in [4.69, 9.17) is 5.73 Å². The highest BCUT2D eigenvalue weighted by Crippen LogP contribution is 2.24. The SMILES string of the molecule is CNC(=O)Nc1cc(N)ccc1Br. The summed E-state index contributed by atoms with van der Waals surface area (Å²) >= 11 is 3.29. The van der Waals surface area contributed by atoms with E-state index in [2.05, 4.69) is 26.6 Å². The molecule has 0 aliphatic rings. The van der Waals surface area contributed by atoms with Crippen LogP contribution in [0.15, 0.2) is 22.7 Å². The molecule has 4 nitrogen and oxygen atoms in total. The number of urea groups is 1. The minimum atomic E-state index is -0.272. The summed E-state index contributed by atoms with van der Waals surface area (Å²) in [6, 6.07) is 4.94. The van der Waals surface area contributed by atoms with Crippen molar-refractivity contribution in [3.05, 3.63) is 22.7 Å². The molecule has 0 atom stereocenters. The van der Waals surface area contributed by atoms with Crippen molar-refractivity contribution in [2.75, 3.05) is 18.1 Å². The zero-order valence-corrected chi connectivity index (χ0v) is 8.68. The number of benzene rings is 1. The smallest absolute Gasteiger partial charge is 0.319 e.